The second-order valence-corrected chi connectivity index (χ2v) is 23.8. The first-order chi connectivity index (χ1) is 12.8. The quantitative estimate of drug-likeness (QED) is 0.231. The van der Waals surface area contributed by atoms with Gasteiger partial charge in [0.05, 0.1) is 5.56 Å². The Kier molecular flexibility index (Phi) is 9.24. The fraction of sp³-hybridized carbons (Fsp3) is 0.222. The minimum absolute atomic E-state index is 0.485. The van der Waals surface area contributed by atoms with Crippen molar-refractivity contribution in [3.63, 3.8) is 0 Å². The molecule has 0 bridgehead atoms. The zero-order valence-corrected chi connectivity index (χ0v) is 23.2. The third-order valence-corrected chi connectivity index (χ3v) is 6.14. The number of thioether (sulfide) groups is 1. The molecule has 1 aromatic heterocycles. The molecule has 0 spiro atoms. The summed E-state index contributed by atoms with van der Waals surface area (Å²) in [6.07, 6.45) is 1.19. The molecule has 4 rings (SSSR count). The summed E-state index contributed by atoms with van der Waals surface area (Å²) in [5.41, 5.74) is 2.33. The molecule has 2 aromatic carbocycles. The van der Waals surface area contributed by atoms with E-state index in [9.17, 15) is 0 Å². The number of halogens is 4. The molecule has 0 N–H and O–H groups in total. The van der Waals surface area contributed by atoms with Crippen LogP contribution in [0.1, 0.15) is 12.5 Å². The summed E-state index contributed by atoms with van der Waals surface area (Å²) in [5.74, 6) is 2.18. The first kappa shape index (κ1) is 21.6. The predicted molar refractivity (Wildman–Crippen MR) is 130 cm³/mol. The van der Waals surface area contributed by atoms with Gasteiger partial charge in [0.15, 0.2) is 0 Å². The van der Waals surface area contributed by atoms with Crippen LogP contribution in [0.2, 0.25) is 0 Å². The number of hydrogen-bond donors (Lipinski definition) is 0. The van der Waals surface area contributed by atoms with Crippen LogP contribution in [0.4, 0.5) is 0 Å². The third kappa shape index (κ3) is 5.06. The molecular formula is C18H17I4N3S. The van der Waals surface area contributed by atoms with Gasteiger partial charge in [0.2, 0.25) is 0 Å². The molecule has 0 saturated heterocycles. The van der Waals surface area contributed by atoms with E-state index >= 15 is 0 Å². The van der Waals surface area contributed by atoms with Gasteiger partial charge in [-0.3, -0.25) is 0 Å². The number of rotatable bonds is 3. The van der Waals surface area contributed by atoms with E-state index in [4.69, 9.17) is 5.10 Å². The molecule has 1 unspecified atom stereocenters. The summed E-state index contributed by atoms with van der Waals surface area (Å²) < 4.78 is 5.63. The van der Waals surface area contributed by atoms with Gasteiger partial charge in [0.1, 0.15) is 11.7 Å². The molecule has 2 heterocycles. The van der Waals surface area contributed by atoms with E-state index in [-0.39, 0.29) is 0 Å². The van der Waals surface area contributed by atoms with Gasteiger partial charge in [0.25, 0.3) is 0 Å². The molecule has 3 aromatic rings. The Morgan fingerprint density at radius 3 is 2.31 bits per heavy atom. The molecule has 1 aliphatic rings. The van der Waals surface area contributed by atoms with Gasteiger partial charge in [0, 0.05) is 15.3 Å². The zero-order chi connectivity index (χ0) is 18.4. The maximum absolute atomic E-state index is 5.00. The van der Waals surface area contributed by atoms with Crippen LogP contribution in [0, 0.1) is 0 Å². The predicted octanol–water partition coefficient (Wildman–Crippen LogP) is 3.07. The topological polar surface area (TPSA) is 21.7 Å². The molecule has 8 heteroatoms. The normalized spacial score (nSPS) is 15.9. The number of fused-ring (bicyclic) bond motifs is 1. The number of nitrogens with zero attached hydrogens (tertiary/aromatic N) is 3. The van der Waals surface area contributed by atoms with Gasteiger partial charge in [-0.15, -0.1) is 0 Å². The van der Waals surface area contributed by atoms with Crippen LogP contribution in [-0.4, -0.2) is 20.0 Å². The standard InChI is InChI=1S/C18H17IN3S.I3/c19-13-16-11-12-23-18-21(15-9-5-2-6-10-15)17(20-22(16)18)14-7-3-1-4-8-14;1-3-2/h1-10,16H,11-13H2;/q+1;-1. The summed E-state index contributed by atoms with van der Waals surface area (Å²) in [7, 11) is 0. The van der Waals surface area contributed by atoms with E-state index in [1.54, 1.807) is 0 Å². The van der Waals surface area contributed by atoms with Crippen molar-refractivity contribution in [3.05, 3.63) is 60.7 Å². The van der Waals surface area contributed by atoms with Crippen molar-refractivity contribution in [2.75, 3.05) is 10.2 Å². The second kappa shape index (κ2) is 11.1. The van der Waals surface area contributed by atoms with E-state index < -0.39 is 0 Å². The molecular weight excluding hydrogens is 798 g/mol. The van der Waals surface area contributed by atoms with Crippen LogP contribution >= 0.6 is 71.6 Å². The van der Waals surface area contributed by atoms with Crippen molar-refractivity contribution in [1.82, 2.24) is 9.78 Å². The molecule has 0 radical (unpaired) electrons. The second-order valence-electron chi connectivity index (χ2n) is 5.59. The van der Waals surface area contributed by atoms with Crippen molar-refractivity contribution < 1.29 is 17.8 Å². The molecule has 0 aliphatic carbocycles. The molecule has 138 valence electrons. The Hall–Kier alpha value is 0.850. The van der Waals surface area contributed by atoms with E-state index in [1.807, 2.05) is 11.8 Å². The van der Waals surface area contributed by atoms with Crippen LogP contribution in [0.15, 0.2) is 65.8 Å². The van der Waals surface area contributed by atoms with Crippen molar-refractivity contribution >= 4 is 71.6 Å². The van der Waals surface area contributed by atoms with E-state index in [2.05, 4.69) is 130 Å². The van der Waals surface area contributed by atoms with Crippen molar-refractivity contribution in [2.24, 2.45) is 0 Å². The summed E-state index contributed by atoms with van der Waals surface area (Å²) in [6, 6.07) is 21.5. The number of aromatic nitrogens is 3. The molecule has 0 amide bonds. The molecule has 26 heavy (non-hydrogen) atoms. The number of alkyl halides is 1. The Morgan fingerprint density at radius 2 is 1.69 bits per heavy atom. The molecule has 1 atom stereocenters. The van der Waals surface area contributed by atoms with Gasteiger partial charge < -0.3 is 0 Å². The molecule has 3 nitrogen and oxygen atoms in total. The van der Waals surface area contributed by atoms with Gasteiger partial charge in [-0.05, 0) is 30.7 Å². The summed E-state index contributed by atoms with van der Waals surface area (Å²) >= 11 is 9.68. The van der Waals surface area contributed by atoms with Gasteiger partial charge >= 0.3 is 61.5 Å². The van der Waals surface area contributed by atoms with Gasteiger partial charge in [-0.25, -0.2) is 0 Å². The van der Waals surface area contributed by atoms with Crippen molar-refractivity contribution in [1.29, 1.82) is 0 Å². The van der Waals surface area contributed by atoms with Crippen LogP contribution in [-0.2, 0) is 0 Å². The van der Waals surface area contributed by atoms with E-state index in [0.717, 1.165) is 21.6 Å². The number of para-hydroxylation sites is 1. The Morgan fingerprint density at radius 1 is 1.08 bits per heavy atom. The van der Waals surface area contributed by atoms with Crippen molar-refractivity contribution in [2.45, 2.75) is 17.6 Å². The van der Waals surface area contributed by atoms with E-state index in [1.165, 1.54) is 17.3 Å². The number of hydrogen-bond acceptors (Lipinski definition) is 2. The summed E-state index contributed by atoms with van der Waals surface area (Å²) in [5, 5.41) is 6.24. The molecule has 0 saturated carbocycles. The average molecular weight is 815 g/mol. The monoisotopic (exact) mass is 815 g/mol. The van der Waals surface area contributed by atoms with E-state index in [0.29, 0.717) is 19.3 Å². The zero-order valence-electron chi connectivity index (χ0n) is 13.7. The molecule has 0 fully saturated rings. The van der Waals surface area contributed by atoms with Gasteiger partial charge in [-0.2, -0.15) is 4.57 Å². The first-order valence-corrected chi connectivity index (χ1v) is 23.1. The fourth-order valence-corrected chi connectivity index (χ4v) is 4.92. The fourth-order valence-electron chi connectivity index (χ4n) is 2.89. The minimum atomic E-state index is 0.485. The van der Waals surface area contributed by atoms with Crippen LogP contribution in [0.3, 0.4) is 0 Å². The summed E-state index contributed by atoms with van der Waals surface area (Å²) in [6.45, 7) is 0. The van der Waals surface area contributed by atoms with Crippen molar-refractivity contribution in [3.8, 4) is 17.1 Å². The SMILES string of the molecule is ICC1CCSc2n1nc(-c1ccccc1)[n+]2-c1ccccc1.I[I-]I. The molecule has 1 aliphatic heterocycles. The Bertz CT molecular complexity index is 827. The van der Waals surface area contributed by atoms with Crippen LogP contribution in [0.25, 0.3) is 17.1 Å². The Balaban J connectivity index is 0.000000613. The first-order valence-electron chi connectivity index (χ1n) is 8.01. The number of benzene rings is 2. The van der Waals surface area contributed by atoms with Gasteiger partial charge in [-0.1, -0.05) is 75.4 Å². The maximum atomic E-state index is 5.00. The third-order valence-electron chi connectivity index (χ3n) is 4.05. The Labute approximate surface area is 201 Å². The van der Waals surface area contributed by atoms with Crippen LogP contribution < -0.4 is 17.8 Å². The average Bonchev–Trinajstić information content (AvgIpc) is 3.09. The van der Waals surface area contributed by atoms with Crippen LogP contribution in [0.5, 0.6) is 0 Å². The summed E-state index contributed by atoms with van der Waals surface area (Å²) in [4.78, 5) is 0.